The van der Waals surface area contributed by atoms with E-state index in [4.69, 9.17) is 0 Å². The average Bonchev–Trinajstić information content (AvgIpc) is 2.59. The molecule has 0 aliphatic heterocycles. The number of hydrogen-bond acceptors (Lipinski definition) is 1. The molecule has 0 saturated carbocycles. The van der Waals surface area contributed by atoms with Crippen molar-refractivity contribution in [2.75, 3.05) is 0 Å². The maximum absolute atomic E-state index is 12.2. The first-order valence-corrected chi connectivity index (χ1v) is 7.24. The number of unbranched alkanes of at least 4 members (excludes halogenated alkanes) is 2. The van der Waals surface area contributed by atoms with Crippen LogP contribution in [0.3, 0.4) is 0 Å². The zero-order valence-corrected chi connectivity index (χ0v) is 12.6. The summed E-state index contributed by atoms with van der Waals surface area (Å²) in [5, 5.41) is 3.02. The molecular formula is C15H28N2O. The van der Waals surface area contributed by atoms with Gasteiger partial charge in [0.25, 0.3) is 5.56 Å². The minimum atomic E-state index is -0.0753. The predicted molar refractivity (Wildman–Crippen MR) is 77.3 cm³/mol. The normalized spacial score (nSPS) is 12.1. The molecule has 0 bridgehead atoms. The Morgan fingerprint density at radius 2 is 1.72 bits per heavy atom. The third kappa shape index (κ3) is 3.50. The number of rotatable bonds is 6. The van der Waals surface area contributed by atoms with Crippen molar-refractivity contribution in [1.29, 1.82) is 0 Å². The van der Waals surface area contributed by atoms with Gasteiger partial charge in [-0.2, -0.15) is 0 Å². The molecule has 104 valence electrons. The fraction of sp³-hybridized carbons (Fsp3) is 0.800. The minimum absolute atomic E-state index is 0.0753. The fourth-order valence-electron chi connectivity index (χ4n) is 2.40. The van der Waals surface area contributed by atoms with Crippen molar-refractivity contribution in [2.24, 2.45) is 0 Å². The summed E-state index contributed by atoms with van der Waals surface area (Å²) in [5.41, 5.74) is 2.23. The van der Waals surface area contributed by atoms with Crippen LogP contribution in [0.15, 0.2) is 4.79 Å². The smallest absolute Gasteiger partial charge is 0.268 e. The highest BCUT2D eigenvalue weighted by atomic mass is 16.1. The van der Waals surface area contributed by atoms with Crippen molar-refractivity contribution < 1.29 is 0 Å². The second kappa shape index (κ2) is 6.26. The third-order valence-corrected chi connectivity index (χ3v) is 3.33. The summed E-state index contributed by atoms with van der Waals surface area (Å²) in [6, 6.07) is 0. The molecule has 1 heterocycles. The van der Waals surface area contributed by atoms with Crippen molar-refractivity contribution in [3.8, 4) is 0 Å². The van der Waals surface area contributed by atoms with Crippen LogP contribution in [0.4, 0.5) is 0 Å². The maximum atomic E-state index is 12.2. The molecule has 3 heteroatoms. The van der Waals surface area contributed by atoms with E-state index in [1.54, 1.807) is 0 Å². The number of aryl methyl sites for hydroxylation is 1. The number of aromatic nitrogens is 2. The van der Waals surface area contributed by atoms with E-state index in [0.29, 0.717) is 0 Å². The number of H-pyrrole nitrogens is 1. The Labute approximate surface area is 111 Å². The Morgan fingerprint density at radius 3 is 2.22 bits per heavy atom. The van der Waals surface area contributed by atoms with Gasteiger partial charge in [-0.25, -0.2) is 0 Å². The van der Waals surface area contributed by atoms with Crippen molar-refractivity contribution in [2.45, 2.75) is 78.7 Å². The SMILES string of the molecule is CCCCc1c(C(C)(C)C)c(=O)[nH]n1CCCC. The molecule has 1 aromatic rings. The van der Waals surface area contributed by atoms with E-state index in [1.807, 2.05) is 0 Å². The van der Waals surface area contributed by atoms with Gasteiger partial charge in [0.2, 0.25) is 0 Å². The van der Waals surface area contributed by atoms with Crippen LogP contribution < -0.4 is 5.56 Å². The molecule has 3 nitrogen and oxygen atoms in total. The largest absolute Gasteiger partial charge is 0.289 e. The molecule has 0 radical (unpaired) electrons. The van der Waals surface area contributed by atoms with Gasteiger partial charge in [0.15, 0.2) is 0 Å². The van der Waals surface area contributed by atoms with Crippen LogP contribution in [0.5, 0.6) is 0 Å². The highest BCUT2D eigenvalue weighted by Crippen LogP contribution is 2.24. The molecule has 0 fully saturated rings. The van der Waals surface area contributed by atoms with Gasteiger partial charge in [0.05, 0.1) is 0 Å². The highest BCUT2D eigenvalue weighted by molar-refractivity contribution is 5.26. The van der Waals surface area contributed by atoms with E-state index >= 15 is 0 Å². The van der Waals surface area contributed by atoms with Gasteiger partial charge in [0.1, 0.15) is 0 Å². The molecule has 1 aromatic heterocycles. The molecular weight excluding hydrogens is 224 g/mol. The van der Waals surface area contributed by atoms with Crippen LogP contribution in [0.1, 0.15) is 71.6 Å². The Bertz CT molecular complexity index is 421. The first-order chi connectivity index (χ1) is 8.41. The van der Waals surface area contributed by atoms with Crippen LogP contribution >= 0.6 is 0 Å². The molecule has 0 aliphatic carbocycles. The van der Waals surface area contributed by atoms with Gasteiger partial charge in [-0.3, -0.25) is 14.6 Å². The van der Waals surface area contributed by atoms with E-state index in [0.717, 1.165) is 44.2 Å². The van der Waals surface area contributed by atoms with Gasteiger partial charge < -0.3 is 0 Å². The maximum Gasteiger partial charge on any atom is 0.268 e. The van der Waals surface area contributed by atoms with E-state index < -0.39 is 0 Å². The lowest BCUT2D eigenvalue weighted by atomic mass is 9.86. The molecule has 0 aliphatic rings. The monoisotopic (exact) mass is 252 g/mol. The summed E-state index contributed by atoms with van der Waals surface area (Å²) in [5.74, 6) is 0. The van der Waals surface area contributed by atoms with Gasteiger partial charge >= 0.3 is 0 Å². The molecule has 0 amide bonds. The van der Waals surface area contributed by atoms with Crippen LogP contribution in [0.25, 0.3) is 0 Å². The number of hydrogen-bond donors (Lipinski definition) is 1. The first kappa shape index (κ1) is 15.1. The third-order valence-electron chi connectivity index (χ3n) is 3.33. The molecule has 1 N–H and O–H groups in total. The van der Waals surface area contributed by atoms with Crippen molar-refractivity contribution >= 4 is 0 Å². The lowest BCUT2D eigenvalue weighted by Gasteiger charge is -2.19. The summed E-state index contributed by atoms with van der Waals surface area (Å²) in [4.78, 5) is 12.2. The van der Waals surface area contributed by atoms with Crippen molar-refractivity contribution in [3.63, 3.8) is 0 Å². The Balaban J connectivity index is 3.15. The molecule has 1 rings (SSSR count). The molecule has 18 heavy (non-hydrogen) atoms. The first-order valence-electron chi connectivity index (χ1n) is 7.24. The Kier molecular flexibility index (Phi) is 5.24. The van der Waals surface area contributed by atoms with Gasteiger partial charge in [-0.1, -0.05) is 47.5 Å². The standard InChI is InChI=1S/C15H28N2O/c1-6-8-10-12-13(15(3,4)5)14(18)16-17(12)11-9-7-2/h6-11H2,1-5H3,(H,16,18). The zero-order chi connectivity index (χ0) is 13.8. The second-order valence-electron chi connectivity index (χ2n) is 6.12. The molecule has 0 aromatic carbocycles. The van der Waals surface area contributed by atoms with Crippen LogP contribution in [0, 0.1) is 0 Å². The quantitative estimate of drug-likeness (QED) is 0.825. The summed E-state index contributed by atoms with van der Waals surface area (Å²) in [7, 11) is 0. The molecule has 0 unspecified atom stereocenters. The van der Waals surface area contributed by atoms with Crippen LogP contribution in [-0.2, 0) is 18.4 Å². The van der Waals surface area contributed by atoms with E-state index in [2.05, 4.69) is 44.4 Å². The van der Waals surface area contributed by atoms with Gasteiger partial charge in [0, 0.05) is 17.8 Å². The lowest BCUT2D eigenvalue weighted by Crippen LogP contribution is -2.22. The molecule has 0 atom stereocenters. The van der Waals surface area contributed by atoms with Gasteiger partial charge in [-0.05, 0) is 24.7 Å². The number of nitrogens with one attached hydrogen (secondary N) is 1. The zero-order valence-electron chi connectivity index (χ0n) is 12.6. The Hall–Kier alpha value is -0.990. The summed E-state index contributed by atoms with van der Waals surface area (Å²) < 4.78 is 2.09. The van der Waals surface area contributed by atoms with Gasteiger partial charge in [-0.15, -0.1) is 0 Å². The minimum Gasteiger partial charge on any atom is -0.289 e. The Morgan fingerprint density at radius 1 is 1.11 bits per heavy atom. The van der Waals surface area contributed by atoms with E-state index in [-0.39, 0.29) is 11.0 Å². The van der Waals surface area contributed by atoms with Crippen LogP contribution in [0.2, 0.25) is 0 Å². The predicted octanol–water partition coefficient (Wildman–Crippen LogP) is 3.62. The summed E-state index contributed by atoms with van der Waals surface area (Å²) in [6.07, 6.45) is 5.58. The summed E-state index contributed by atoms with van der Waals surface area (Å²) in [6.45, 7) is 11.7. The van der Waals surface area contributed by atoms with Crippen molar-refractivity contribution in [1.82, 2.24) is 9.78 Å². The molecule has 0 spiro atoms. The molecule has 0 saturated heterocycles. The second-order valence-corrected chi connectivity index (χ2v) is 6.12. The van der Waals surface area contributed by atoms with E-state index in [1.165, 1.54) is 5.69 Å². The number of aromatic amines is 1. The lowest BCUT2D eigenvalue weighted by molar-refractivity contribution is 0.527. The topological polar surface area (TPSA) is 37.8 Å². The summed E-state index contributed by atoms with van der Waals surface area (Å²) >= 11 is 0. The number of nitrogens with zero attached hydrogens (tertiary/aromatic N) is 1. The fourth-order valence-corrected chi connectivity index (χ4v) is 2.40. The van der Waals surface area contributed by atoms with Crippen molar-refractivity contribution in [3.05, 3.63) is 21.6 Å². The van der Waals surface area contributed by atoms with Crippen LogP contribution in [-0.4, -0.2) is 9.78 Å². The highest BCUT2D eigenvalue weighted by Gasteiger charge is 2.25. The average molecular weight is 252 g/mol. The van der Waals surface area contributed by atoms with E-state index in [9.17, 15) is 4.79 Å².